The first kappa shape index (κ1) is 16.3. The second-order valence-electron chi connectivity index (χ2n) is 6.15. The number of likely N-dealkylation sites (tertiary alicyclic amines) is 1. The fraction of sp³-hybridized carbons (Fsp3) is 0.667. The number of benzene rings is 1. The molecule has 1 aliphatic heterocycles. The lowest BCUT2D eigenvalue weighted by atomic mass is 9.96. The molecule has 0 radical (unpaired) electrons. The molecule has 0 aliphatic carbocycles. The Morgan fingerprint density at radius 1 is 1.33 bits per heavy atom. The van der Waals surface area contributed by atoms with Crippen molar-refractivity contribution in [1.29, 1.82) is 0 Å². The third-order valence-electron chi connectivity index (χ3n) is 4.72. The van der Waals surface area contributed by atoms with Crippen LogP contribution >= 0.6 is 0 Å². The Labute approximate surface area is 129 Å². The van der Waals surface area contributed by atoms with Gasteiger partial charge in [0.15, 0.2) is 0 Å². The Morgan fingerprint density at radius 2 is 2.19 bits per heavy atom. The van der Waals surface area contributed by atoms with Gasteiger partial charge >= 0.3 is 0 Å². The molecule has 1 fully saturated rings. The first-order valence-electron chi connectivity index (χ1n) is 8.36. The smallest absolute Gasteiger partial charge is 0.119 e. The van der Waals surface area contributed by atoms with Gasteiger partial charge in [0.25, 0.3) is 0 Å². The van der Waals surface area contributed by atoms with E-state index in [1.54, 1.807) is 7.11 Å². The normalized spacial score (nSPS) is 21.8. The summed E-state index contributed by atoms with van der Waals surface area (Å²) in [5.74, 6) is 1.83. The van der Waals surface area contributed by atoms with Crippen LogP contribution in [0.1, 0.15) is 50.6 Å². The van der Waals surface area contributed by atoms with Crippen molar-refractivity contribution in [3.63, 3.8) is 0 Å². The molecule has 1 aliphatic rings. The molecule has 2 unspecified atom stereocenters. The van der Waals surface area contributed by atoms with Crippen LogP contribution in [0.2, 0.25) is 0 Å². The van der Waals surface area contributed by atoms with E-state index in [9.17, 15) is 0 Å². The lowest BCUT2D eigenvalue weighted by Crippen LogP contribution is -2.34. The summed E-state index contributed by atoms with van der Waals surface area (Å²) < 4.78 is 5.35. The molecule has 3 nitrogen and oxygen atoms in total. The molecule has 2 N–H and O–H groups in total. The fourth-order valence-electron chi connectivity index (χ4n) is 3.54. The van der Waals surface area contributed by atoms with Crippen LogP contribution in [-0.4, -0.2) is 31.6 Å². The van der Waals surface area contributed by atoms with Crippen molar-refractivity contribution in [1.82, 2.24) is 4.90 Å². The molecule has 3 heteroatoms. The lowest BCUT2D eigenvalue weighted by molar-refractivity contribution is 0.206. The molecule has 0 bridgehead atoms. The second kappa shape index (κ2) is 8.40. The van der Waals surface area contributed by atoms with Gasteiger partial charge in [-0.25, -0.2) is 0 Å². The maximum atomic E-state index is 6.09. The number of methoxy groups -OCH3 is 1. The Morgan fingerprint density at radius 3 is 2.90 bits per heavy atom. The molecule has 1 aromatic carbocycles. The van der Waals surface area contributed by atoms with Gasteiger partial charge in [-0.05, 0) is 56.0 Å². The van der Waals surface area contributed by atoms with Crippen LogP contribution in [0.4, 0.5) is 0 Å². The minimum atomic E-state index is 0.320. The summed E-state index contributed by atoms with van der Waals surface area (Å²) in [5.41, 5.74) is 7.37. The Kier molecular flexibility index (Phi) is 6.52. The first-order valence-corrected chi connectivity index (χ1v) is 8.36. The molecule has 118 valence electrons. The minimum absolute atomic E-state index is 0.320. The van der Waals surface area contributed by atoms with Gasteiger partial charge in [-0.2, -0.15) is 0 Å². The number of hydrogen-bond acceptors (Lipinski definition) is 3. The molecule has 21 heavy (non-hydrogen) atoms. The summed E-state index contributed by atoms with van der Waals surface area (Å²) in [4.78, 5) is 2.57. The van der Waals surface area contributed by atoms with E-state index in [-0.39, 0.29) is 0 Å². The van der Waals surface area contributed by atoms with Gasteiger partial charge in [0.2, 0.25) is 0 Å². The Balaban J connectivity index is 2.06. The van der Waals surface area contributed by atoms with Gasteiger partial charge in [-0.1, -0.05) is 31.9 Å². The molecular formula is C18H30N2O. The summed E-state index contributed by atoms with van der Waals surface area (Å²) in [7, 11) is 1.72. The largest absolute Gasteiger partial charge is 0.497 e. The summed E-state index contributed by atoms with van der Waals surface area (Å²) in [6.07, 6.45) is 6.67. The van der Waals surface area contributed by atoms with Crippen molar-refractivity contribution < 1.29 is 4.74 Å². The Bertz CT molecular complexity index is 421. The maximum Gasteiger partial charge on any atom is 0.119 e. The molecule has 0 spiro atoms. The zero-order valence-electron chi connectivity index (χ0n) is 13.6. The SMILES string of the molecule is CCCC1CCCN(C(CN)c2cccc(OC)c2)CC1. The number of ether oxygens (including phenoxy) is 1. The van der Waals surface area contributed by atoms with E-state index in [0.29, 0.717) is 12.6 Å². The average Bonchev–Trinajstić information content (AvgIpc) is 2.75. The zero-order valence-corrected chi connectivity index (χ0v) is 13.6. The van der Waals surface area contributed by atoms with E-state index in [1.807, 2.05) is 6.07 Å². The van der Waals surface area contributed by atoms with Crippen LogP contribution in [0.25, 0.3) is 0 Å². The molecular weight excluding hydrogens is 260 g/mol. The number of nitrogens with zero attached hydrogens (tertiary/aromatic N) is 1. The number of nitrogens with two attached hydrogens (primary N) is 1. The molecule has 2 rings (SSSR count). The van der Waals surface area contributed by atoms with Crippen LogP contribution in [0.5, 0.6) is 5.75 Å². The highest BCUT2D eigenvalue weighted by atomic mass is 16.5. The van der Waals surface area contributed by atoms with Crippen LogP contribution in [0.15, 0.2) is 24.3 Å². The zero-order chi connectivity index (χ0) is 15.1. The van der Waals surface area contributed by atoms with Crippen molar-refractivity contribution in [2.75, 3.05) is 26.7 Å². The molecule has 1 aromatic rings. The van der Waals surface area contributed by atoms with E-state index in [2.05, 4.69) is 30.0 Å². The van der Waals surface area contributed by atoms with Crippen molar-refractivity contribution >= 4 is 0 Å². The quantitative estimate of drug-likeness (QED) is 0.870. The monoisotopic (exact) mass is 290 g/mol. The molecule has 1 saturated heterocycles. The van der Waals surface area contributed by atoms with Gasteiger partial charge in [0, 0.05) is 12.6 Å². The van der Waals surface area contributed by atoms with E-state index in [4.69, 9.17) is 10.5 Å². The van der Waals surface area contributed by atoms with Gasteiger partial charge < -0.3 is 10.5 Å². The fourth-order valence-corrected chi connectivity index (χ4v) is 3.54. The molecule has 0 aromatic heterocycles. The lowest BCUT2D eigenvalue weighted by Gasteiger charge is -2.30. The number of rotatable bonds is 6. The van der Waals surface area contributed by atoms with Crippen molar-refractivity contribution in [2.45, 2.75) is 45.1 Å². The van der Waals surface area contributed by atoms with E-state index < -0.39 is 0 Å². The first-order chi connectivity index (χ1) is 10.3. The summed E-state index contributed by atoms with van der Waals surface area (Å²) in [6.45, 7) is 5.30. The molecule has 1 heterocycles. The molecule has 0 amide bonds. The predicted molar refractivity (Wildman–Crippen MR) is 88.6 cm³/mol. The van der Waals surface area contributed by atoms with Crippen molar-refractivity contribution in [3.05, 3.63) is 29.8 Å². The number of hydrogen-bond donors (Lipinski definition) is 1. The highest BCUT2D eigenvalue weighted by molar-refractivity contribution is 5.30. The van der Waals surface area contributed by atoms with Crippen molar-refractivity contribution in [3.8, 4) is 5.75 Å². The standard InChI is InChI=1S/C18H30N2O/c1-3-6-15-7-5-11-20(12-10-15)18(14-19)16-8-4-9-17(13-16)21-2/h4,8-9,13,15,18H,3,5-7,10-12,14,19H2,1-2H3. The third kappa shape index (κ3) is 4.45. The third-order valence-corrected chi connectivity index (χ3v) is 4.72. The van der Waals surface area contributed by atoms with Crippen molar-refractivity contribution in [2.24, 2.45) is 11.7 Å². The summed E-state index contributed by atoms with van der Waals surface area (Å²) in [5, 5.41) is 0. The summed E-state index contributed by atoms with van der Waals surface area (Å²) in [6, 6.07) is 8.69. The molecule has 0 saturated carbocycles. The topological polar surface area (TPSA) is 38.5 Å². The van der Waals surface area contributed by atoms with E-state index in [0.717, 1.165) is 11.7 Å². The average molecular weight is 290 g/mol. The van der Waals surface area contributed by atoms with Crippen LogP contribution in [-0.2, 0) is 0 Å². The maximum absolute atomic E-state index is 6.09. The highest BCUT2D eigenvalue weighted by Gasteiger charge is 2.23. The van der Waals surface area contributed by atoms with Gasteiger partial charge in [0.05, 0.1) is 7.11 Å². The molecule has 2 atom stereocenters. The predicted octanol–water partition coefficient (Wildman–Crippen LogP) is 3.60. The van der Waals surface area contributed by atoms with Crippen LogP contribution in [0, 0.1) is 5.92 Å². The summed E-state index contributed by atoms with van der Waals surface area (Å²) >= 11 is 0. The van der Waals surface area contributed by atoms with Crippen LogP contribution in [0.3, 0.4) is 0 Å². The van der Waals surface area contributed by atoms with E-state index in [1.165, 1.54) is 50.8 Å². The second-order valence-corrected chi connectivity index (χ2v) is 6.15. The minimum Gasteiger partial charge on any atom is -0.497 e. The van der Waals surface area contributed by atoms with Gasteiger partial charge in [-0.3, -0.25) is 4.90 Å². The van der Waals surface area contributed by atoms with E-state index >= 15 is 0 Å². The van der Waals surface area contributed by atoms with Gasteiger partial charge in [-0.15, -0.1) is 0 Å². The highest BCUT2D eigenvalue weighted by Crippen LogP contribution is 2.29. The van der Waals surface area contributed by atoms with Gasteiger partial charge in [0.1, 0.15) is 5.75 Å². The Hall–Kier alpha value is -1.06. The van der Waals surface area contributed by atoms with Crippen LogP contribution < -0.4 is 10.5 Å².